The summed E-state index contributed by atoms with van der Waals surface area (Å²) in [5.41, 5.74) is 1.04. The first-order valence-electron chi connectivity index (χ1n) is 3.96. The largest absolute Gasteiger partial charge is 0.296 e. The summed E-state index contributed by atoms with van der Waals surface area (Å²) in [6, 6.07) is 1.96. The van der Waals surface area contributed by atoms with Gasteiger partial charge in [-0.05, 0) is 5.92 Å². The minimum atomic E-state index is 0.133. The van der Waals surface area contributed by atoms with Gasteiger partial charge in [0, 0.05) is 0 Å². The SMILES string of the molecule is CC(C)c1c(C=O)nnn1CC#N. The number of nitriles is 1. The molecule has 0 amide bonds. The molecule has 5 heteroatoms. The standard InChI is InChI=1S/C8H10N4O/c1-6(2)8-7(5-13)10-11-12(8)4-3-9/h5-6H,4H2,1-2H3. The number of aromatic nitrogens is 3. The van der Waals surface area contributed by atoms with Crippen molar-refractivity contribution in [1.29, 1.82) is 5.26 Å². The molecule has 1 heterocycles. The van der Waals surface area contributed by atoms with Crippen molar-refractivity contribution in [3.05, 3.63) is 11.4 Å². The molecule has 0 saturated heterocycles. The molecule has 0 atom stereocenters. The summed E-state index contributed by atoms with van der Waals surface area (Å²) in [6.07, 6.45) is 0.663. The lowest BCUT2D eigenvalue weighted by Gasteiger charge is -2.05. The maximum atomic E-state index is 10.6. The fourth-order valence-corrected chi connectivity index (χ4v) is 1.20. The second-order valence-corrected chi connectivity index (χ2v) is 2.95. The average molecular weight is 178 g/mol. The van der Waals surface area contributed by atoms with Crippen LogP contribution in [-0.4, -0.2) is 21.3 Å². The highest BCUT2D eigenvalue weighted by atomic mass is 16.1. The Labute approximate surface area is 76.0 Å². The third-order valence-corrected chi connectivity index (χ3v) is 1.68. The second kappa shape index (κ2) is 3.81. The van der Waals surface area contributed by atoms with E-state index in [-0.39, 0.29) is 12.5 Å². The number of aldehydes is 1. The first-order valence-corrected chi connectivity index (χ1v) is 3.96. The van der Waals surface area contributed by atoms with E-state index < -0.39 is 0 Å². The lowest BCUT2D eigenvalue weighted by molar-refractivity contribution is 0.111. The molecule has 0 aromatic carbocycles. The molecule has 0 bridgehead atoms. The predicted octanol–water partition coefficient (Wildman–Crippen LogP) is 0.738. The van der Waals surface area contributed by atoms with Crippen molar-refractivity contribution < 1.29 is 4.79 Å². The predicted molar refractivity (Wildman–Crippen MR) is 45.1 cm³/mol. The highest BCUT2D eigenvalue weighted by Gasteiger charge is 2.14. The summed E-state index contributed by atoms with van der Waals surface area (Å²) in [4.78, 5) is 10.6. The van der Waals surface area contributed by atoms with Crippen molar-refractivity contribution in [3.63, 3.8) is 0 Å². The summed E-state index contributed by atoms with van der Waals surface area (Å²) >= 11 is 0. The fourth-order valence-electron chi connectivity index (χ4n) is 1.20. The molecule has 0 fully saturated rings. The second-order valence-electron chi connectivity index (χ2n) is 2.95. The van der Waals surface area contributed by atoms with Gasteiger partial charge in [-0.2, -0.15) is 5.26 Å². The van der Waals surface area contributed by atoms with Crippen molar-refractivity contribution in [1.82, 2.24) is 15.0 Å². The Bertz CT molecular complexity index is 348. The van der Waals surface area contributed by atoms with E-state index in [0.29, 0.717) is 12.0 Å². The van der Waals surface area contributed by atoms with E-state index in [1.54, 1.807) is 0 Å². The highest BCUT2D eigenvalue weighted by molar-refractivity contribution is 5.73. The Balaban J connectivity index is 3.15. The minimum Gasteiger partial charge on any atom is -0.296 e. The Hall–Kier alpha value is -1.70. The van der Waals surface area contributed by atoms with Crippen LogP contribution in [0.4, 0.5) is 0 Å². The maximum Gasteiger partial charge on any atom is 0.172 e. The molecule has 0 aliphatic carbocycles. The zero-order valence-electron chi connectivity index (χ0n) is 7.56. The van der Waals surface area contributed by atoms with Crippen LogP contribution >= 0.6 is 0 Å². The van der Waals surface area contributed by atoms with Gasteiger partial charge in [-0.1, -0.05) is 19.1 Å². The van der Waals surface area contributed by atoms with Gasteiger partial charge in [0.25, 0.3) is 0 Å². The summed E-state index contributed by atoms with van der Waals surface area (Å²) in [7, 11) is 0. The fraction of sp³-hybridized carbons (Fsp3) is 0.500. The van der Waals surface area contributed by atoms with Crippen molar-refractivity contribution in [2.45, 2.75) is 26.3 Å². The lowest BCUT2D eigenvalue weighted by atomic mass is 10.1. The first kappa shape index (κ1) is 9.39. The minimum absolute atomic E-state index is 0.133. The van der Waals surface area contributed by atoms with Crippen molar-refractivity contribution >= 4 is 6.29 Å². The Morgan fingerprint density at radius 3 is 2.85 bits per heavy atom. The highest BCUT2D eigenvalue weighted by Crippen LogP contribution is 2.15. The molecule has 13 heavy (non-hydrogen) atoms. The Morgan fingerprint density at radius 1 is 1.69 bits per heavy atom. The zero-order valence-corrected chi connectivity index (χ0v) is 7.56. The topological polar surface area (TPSA) is 71.6 Å². The van der Waals surface area contributed by atoms with Crippen LogP contribution in [0.15, 0.2) is 0 Å². The van der Waals surface area contributed by atoms with Crippen LogP contribution in [0.1, 0.15) is 35.9 Å². The maximum absolute atomic E-state index is 10.6. The van der Waals surface area contributed by atoms with Gasteiger partial charge in [-0.25, -0.2) is 4.68 Å². The molecule has 1 aromatic rings. The van der Waals surface area contributed by atoms with Crippen molar-refractivity contribution in [3.8, 4) is 6.07 Å². The van der Waals surface area contributed by atoms with Gasteiger partial charge in [-0.15, -0.1) is 5.10 Å². The van der Waals surface area contributed by atoms with Gasteiger partial charge in [0.2, 0.25) is 0 Å². The molecule has 0 aliphatic heterocycles. The molecule has 0 N–H and O–H groups in total. The van der Waals surface area contributed by atoms with Crippen LogP contribution in [-0.2, 0) is 6.54 Å². The molecule has 1 aromatic heterocycles. The van der Waals surface area contributed by atoms with Gasteiger partial charge >= 0.3 is 0 Å². The van der Waals surface area contributed by atoms with E-state index in [0.717, 1.165) is 5.69 Å². The van der Waals surface area contributed by atoms with Crippen LogP contribution < -0.4 is 0 Å². The molecule has 0 aliphatic rings. The number of hydrogen-bond acceptors (Lipinski definition) is 4. The van der Waals surface area contributed by atoms with E-state index in [9.17, 15) is 4.79 Å². The van der Waals surface area contributed by atoms with Crippen LogP contribution in [0.25, 0.3) is 0 Å². The monoisotopic (exact) mass is 178 g/mol. The molecule has 5 nitrogen and oxygen atoms in total. The van der Waals surface area contributed by atoms with E-state index >= 15 is 0 Å². The number of carbonyl (C=O) groups is 1. The number of nitrogens with zero attached hydrogens (tertiary/aromatic N) is 4. The summed E-state index contributed by atoms with van der Waals surface area (Å²) in [5, 5.41) is 15.9. The van der Waals surface area contributed by atoms with E-state index in [1.807, 2.05) is 19.9 Å². The Kier molecular flexibility index (Phi) is 2.75. The normalized spacial score (nSPS) is 10.0. The number of carbonyl (C=O) groups excluding carboxylic acids is 1. The van der Waals surface area contributed by atoms with Crippen LogP contribution in [0.5, 0.6) is 0 Å². The molecule has 0 radical (unpaired) electrons. The van der Waals surface area contributed by atoms with Crippen LogP contribution in [0, 0.1) is 11.3 Å². The van der Waals surface area contributed by atoms with Gasteiger partial charge in [0.05, 0.1) is 11.8 Å². The van der Waals surface area contributed by atoms with E-state index in [1.165, 1.54) is 4.68 Å². The third-order valence-electron chi connectivity index (χ3n) is 1.68. The van der Waals surface area contributed by atoms with Gasteiger partial charge in [-0.3, -0.25) is 4.79 Å². The smallest absolute Gasteiger partial charge is 0.172 e. The number of hydrogen-bond donors (Lipinski definition) is 0. The average Bonchev–Trinajstić information content (AvgIpc) is 2.48. The lowest BCUT2D eigenvalue weighted by Crippen LogP contribution is -2.06. The van der Waals surface area contributed by atoms with Crippen molar-refractivity contribution in [2.75, 3.05) is 0 Å². The van der Waals surface area contributed by atoms with Gasteiger partial charge in [0.15, 0.2) is 6.29 Å². The zero-order chi connectivity index (χ0) is 9.84. The summed E-state index contributed by atoms with van der Waals surface area (Å²) in [6.45, 7) is 3.99. The summed E-state index contributed by atoms with van der Waals surface area (Å²) < 4.78 is 1.45. The summed E-state index contributed by atoms with van der Waals surface area (Å²) in [5.74, 6) is 0.142. The van der Waals surface area contributed by atoms with Crippen molar-refractivity contribution in [2.24, 2.45) is 0 Å². The van der Waals surface area contributed by atoms with Gasteiger partial charge in [0.1, 0.15) is 12.2 Å². The molecule has 1 rings (SSSR count). The molecule has 0 spiro atoms. The Morgan fingerprint density at radius 2 is 2.38 bits per heavy atom. The third kappa shape index (κ3) is 1.72. The molecule has 68 valence electrons. The van der Waals surface area contributed by atoms with E-state index in [2.05, 4.69) is 10.3 Å². The molecular formula is C8H10N4O. The quantitative estimate of drug-likeness (QED) is 0.640. The molecular weight excluding hydrogens is 168 g/mol. The number of rotatable bonds is 3. The molecule has 0 unspecified atom stereocenters. The van der Waals surface area contributed by atoms with Gasteiger partial charge < -0.3 is 0 Å². The van der Waals surface area contributed by atoms with E-state index in [4.69, 9.17) is 5.26 Å². The van der Waals surface area contributed by atoms with Crippen LogP contribution in [0.2, 0.25) is 0 Å². The van der Waals surface area contributed by atoms with Crippen LogP contribution in [0.3, 0.4) is 0 Å². The molecule has 0 saturated carbocycles. The first-order chi connectivity index (χ1) is 6.20.